The molecule has 0 unspecified atom stereocenters. The first kappa shape index (κ1) is 19.2. The van der Waals surface area contributed by atoms with Crippen LogP contribution in [0.1, 0.15) is 22.8 Å². The summed E-state index contributed by atoms with van der Waals surface area (Å²) in [7, 11) is 0. The molecule has 0 heterocycles. The number of benzene rings is 2. The van der Waals surface area contributed by atoms with E-state index in [0.29, 0.717) is 25.3 Å². The highest BCUT2D eigenvalue weighted by Gasteiger charge is 2.15. The van der Waals surface area contributed by atoms with Gasteiger partial charge < -0.3 is 15.0 Å². The predicted octanol–water partition coefficient (Wildman–Crippen LogP) is 3.03. The van der Waals surface area contributed by atoms with Crippen LogP contribution in [0.15, 0.2) is 67.3 Å². The summed E-state index contributed by atoms with van der Waals surface area (Å²) < 4.78 is 5.64. The van der Waals surface area contributed by atoms with Crippen LogP contribution in [0.2, 0.25) is 0 Å². The Hall–Kier alpha value is -3.08. The molecular weight excluding hydrogens is 328 g/mol. The average Bonchev–Trinajstić information content (AvgIpc) is 2.69. The second-order valence-electron chi connectivity index (χ2n) is 5.66. The van der Waals surface area contributed by atoms with E-state index in [0.717, 1.165) is 11.3 Å². The number of hydrogen-bond donors (Lipinski definition) is 1. The van der Waals surface area contributed by atoms with Gasteiger partial charge in [0, 0.05) is 24.2 Å². The quantitative estimate of drug-likeness (QED) is 0.706. The van der Waals surface area contributed by atoms with Crippen molar-refractivity contribution in [1.29, 1.82) is 0 Å². The van der Waals surface area contributed by atoms with Gasteiger partial charge in [0.1, 0.15) is 12.4 Å². The third-order valence-electron chi connectivity index (χ3n) is 3.86. The van der Waals surface area contributed by atoms with Gasteiger partial charge in [0.25, 0.3) is 5.91 Å². The first-order chi connectivity index (χ1) is 12.7. The molecule has 2 aromatic rings. The number of likely N-dealkylation sites (N-methyl/N-ethyl adjacent to an activating group) is 1. The Balaban J connectivity index is 1.96. The maximum Gasteiger partial charge on any atom is 0.251 e. The second-order valence-corrected chi connectivity index (χ2v) is 5.66. The monoisotopic (exact) mass is 352 g/mol. The zero-order valence-electron chi connectivity index (χ0n) is 15.0. The lowest BCUT2D eigenvalue weighted by atomic mass is 10.2. The van der Waals surface area contributed by atoms with Crippen molar-refractivity contribution in [2.75, 3.05) is 19.7 Å². The molecule has 0 spiro atoms. The van der Waals surface area contributed by atoms with Gasteiger partial charge in [-0.05, 0) is 25.1 Å². The minimum Gasteiger partial charge on any atom is -0.489 e. The highest BCUT2D eigenvalue weighted by atomic mass is 16.5. The van der Waals surface area contributed by atoms with Crippen molar-refractivity contribution >= 4 is 11.8 Å². The third-order valence-corrected chi connectivity index (χ3v) is 3.86. The molecule has 0 aliphatic heterocycles. The topological polar surface area (TPSA) is 58.6 Å². The summed E-state index contributed by atoms with van der Waals surface area (Å²) in [5.74, 6) is 0.326. The number of nitrogens with one attached hydrogen (secondary N) is 1. The molecule has 0 atom stereocenters. The molecule has 0 fully saturated rings. The van der Waals surface area contributed by atoms with Crippen molar-refractivity contribution in [1.82, 2.24) is 10.2 Å². The Morgan fingerprint density at radius 3 is 2.50 bits per heavy atom. The number of carbonyl (C=O) groups excluding carboxylic acids is 2. The van der Waals surface area contributed by atoms with Crippen LogP contribution < -0.4 is 10.1 Å². The van der Waals surface area contributed by atoms with Gasteiger partial charge >= 0.3 is 0 Å². The van der Waals surface area contributed by atoms with Crippen LogP contribution in [-0.2, 0) is 11.3 Å². The number of rotatable bonds is 9. The summed E-state index contributed by atoms with van der Waals surface area (Å²) >= 11 is 0. The van der Waals surface area contributed by atoms with Crippen molar-refractivity contribution in [2.45, 2.75) is 13.5 Å². The van der Waals surface area contributed by atoms with Gasteiger partial charge in [0.2, 0.25) is 5.91 Å². The van der Waals surface area contributed by atoms with Gasteiger partial charge in [-0.3, -0.25) is 9.59 Å². The van der Waals surface area contributed by atoms with Crippen LogP contribution in [0, 0.1) is 0 Å². The number of para-hydroxylation sites is 1. The largest absolute Gasteiger partial charge is 0.489 e. The zero-order valence-corrected chi connectivity index (χ0v) is 15.0. The van der Waals surface area contributed by atoms with Gasteiger partial charge in [-0.2, -0.15) is 0 Å². The van der Waals surface area contributed by atoms with Crippen LogP contribution in [-0.4, -0.2) is 36.4 Å². The van der Waals surface area contributed by atoms with Crippen molar-refractivity contribution in [2.24, 2.45) is 0 Å². The van der Waals surface area contributed by atoms with Crippen LogP contribution in [0.3, 0.4) is 0 Å². The Morgan fingerprint density at radius 1 is 1.12 bits per heavy atom. The summed E-state index contributed by atoms with van der Waals surface area (Å²) in [6.07, 6.45) is 1.68. The maximum absolute atomic E-state index is 12.5. The van der Waals surface area contributed by atoms with Gasteiger partial charge in [0.15, 0.2) is 0 Å². The van der Waals surface area contributed by atoms with Crippen molar-refractivity contribution < 1.29 is 14.3 Å². The Bertz CT molecular complexity index is 744. The molecule has 136 valence electrons. The molecule has 0 bridgehead atoms. The average molecular weight is 352 g/mol. The van der Waals surface area contributed by atoms with Gasteiger partial charge in [-0.15, -0.1) is 0 Å². The minimum absolute atomic E-state index is 0.0444. The first-order valence-electron chi connectivity index (χ1n) is 8.58. The predicted molar refractivity (Wildman–Crippen MR) is 102 cm³/mol. The van der Waals surface area contributed by atoms with E-state index in [1.54, 1.807) is 35.2 Å². The smallest absolute Gasteiger partial charge is 0.251 e. The van der Waals surface area contributed by atoms with Gasteiger partial charge in [-0.25, -0.2) is 0 Å². The molecule has 0 aromatic heterocycles. The molecule has 2 rings (SSSR count). The van der Waals surface area contributed by atoms with Crippen LogP contribution in [0.5, 0.6) is 5.75 Å². The molecule has 0 aliphatic carbocycles. The van der Waals surface area contributed by atoms with Crippen molar-refractivity contribution in [3.63, 3.8) is 0 Å². The minimum atomic E-state index is -0.260. The van der Waals surface area contributed by atoms with Crippen molar-refractivity contribution in [3.05, 3.63) is 78.4 Å². The third kappa shape index (κ3) is 5.48. The number of nitrogens with zero attached hydrogens (tertiary/aromatic N) is 1. The molecule has 5 heteroatoms. The van der Waals surface area contributed by atoms with E-state index in [-0.39, 0.29) is 18.4 Å². The SMILES string of the molecule is C=CCOc1ccccc1CN(CC)C(=O)CNC(=O)c1ccccc1. The zero-order chi connectivity index (χ0) is 18.8. The Kier molecular flexibility index (Phi) is 7.43. The summed E-state index contributed by atoms with van der Waals surface area (Å²) in [5, 5.41) is 2.67. The lowest BCUT2D eigenvalue weighted by Crippen LogP contribution is -2.39. The van der Waals surface area contributed by atoms with E-state index in [4.69, 9.17) is 4.74 Å². The van der Waals surface area contributed by atoms with E-state index in [1.165, 1.54) is 0 Å². The van der Waals surface area contributed by atoms with Gasteiger partial charge in [-0.1, -0.05) is 49.1 Å². The molecule has 2 amide bonds. The second kappa shape index (κ2) is 10.0. The van der Waals surface area contributed by atoms with Crippen LogP contribution in [0.25, 0.3) is 0 Å². The molecule has 0 saturated heterocycles. The molecule has 1 N–H and O–H groups in total. The fourth-order valence-electron chi connectivity index (χ4n) is 2.47. The summed E-state index contributed by atoms with van der Waals surface area (Å²) in [5.41, 5.74) is 1.45. The van der Waals surface area contributed by atoms with E-state index in [1.807, 2.05) is 37.3 Å². The van der Waals surface area contributed by atoms with E-state index >= 15 is 0 Å². The fourth-order valence-corrected chi connectivity index (χ4v) is 2.47. The molecule has 0 aliphatic rings. The number of ether oxygens (including phenoxy) is 1. The lowest BCUT2D eigenvalue weighted by Gasteiger charge is -2.22. The van der Waals surface area contributed by atoms with Crippen LogP contribution >= 0.6 is 0 Å². The first-order valence-corrected chi connectivity index (χ1v) is 8.58. The Labute approximate surface area is 154 Å². The maximum atomic E-state index is 12.5. The normalized spacial score (nSPS) is 10.0. The van der Waals surface area contributed by atoms with E-state index < -0.39 is 0 Å². The molecule has 0 radical (unpaired) electrons. The molecule has 5 nitrogen and oxygen atoms in total. The summed E-state index contributed by atoms with van der Waals surface area (Å²) in [6, 6.07) is 16.4. The molecule has 0 saturated carbocycles. The van der Waals surface area contributed by atoms with E-state index in [2.05, 4.69) is 11.9 Å². The van der Waals surface area contributed by atoms with E-state index in [9.17, 15) is 9.59 Å². The molecular formula is C21H24N2O3. The highest BCUT2D eigenvalue weighted by molar-refractivity contribution is 5.96. The lowest BCUT2D eigenvalue weighted by molar-refractivity contribution is -0.130. The Morgan fingerprint density at radius 2 is 1.81 bits per heavy atom. The standard InChI is InChI=1S/C21H24N2O3/c1-3-14-26-19-13-9-8-12-18(19)16-23(4-2)20(24)15-22-21(25)17-10-6-5-7-11-17/h3,5-13H,1,4,14-16H2,2H3,(H,22,25). The highest BCUT2D eigenvalue weighted by Crippen LogP contribution is 2.20. The summed E-state index contributed by atoms with van der Waals surface area (Å²) in [4.78, 5) is 26.3. The molecule has 2 aromatic carbocycles. The number of carbonyl (C=O) groups is 2. The molecule has 26 heavy (non-hydrogen) atoms. The number of amides is 2. The van der Waals surface area contributed by atoms with Crippen molar-refractivity contribution in [3.8, 4) is 5.75 Å². The fraction of sp³-hybridized carbons (Fsp3) is 0.238. The summed E-state index contributed by atoms with van der Waals surface area (Å²) in [6.45, 7) is 6.87. The van der Waals surface area contributed by atoms with Crippen LogP contribution in [0.4, 0.5) is 0 Å². The number of hydrogen-bond acceptors (Lipinski definition) is 3. The van der Waals surface area contributed by atoms with Gasteiger partial charge in [0.05, 0.1) is 6.54 Å².